The molecule has 2 aliphatic carbocycles. The highest BCUT2D eigenvalue weighted by Gasteiger charge is 2.85. The fourth-order valence-electron chi connectivity index (χ4n) is 3.04. The van der Waals surface area contributed by atoms with Crippen molar-refractivity contribution in [3.05, 3.63) is 10.1 Å². The zero-order valence-corrected chi connectivity index (χ0v) is 18.2. The number of carbonyl (C=O) groups excluding carboxylic acids is 2. The number of fused-ring (bicyclic) bond motifs is 2. The lowest BCUT2D eigenvalue weighted by Crippen LogP contribution is -2.46. The Bertz CT molecular complexity index is 573. The van der Waals surface area contributed by atoms with Gasteiger partial charge in [-0.15, -0.1) is 46.4 Å². The summed E-state index contributed by atoms with van der Waals surface area (Å²) in [6.07, 6.45) is 0. The molecule has 0 N–H and O–H groups in total. The number of esters is 2. The van der Waals surface area contributed by atoms with Gasteiger partial charge in [-0.25, -0.2) is 0 Å². The maximum Gasteiger partial charge on any atom is 0.312 e. The van der Waals surface area contributed by atoms with Gasteiger partial charge in [0.2, 0.25) is 0 Å². The summed E-state index contributed by atoms with van der Waals surface area (Å²) in [5, 5.41) is -0.463. The summed E-state index contributed by atoms with van der Waals surface area (Å²) in [4.78, 5) is 21.2. The minimum Gasteiger partial charge on any atom is -0.464 e. The van der Waals surface area contributed by atoms with Gasteiger partial charge in [-0.05, 0) is 0 Å². The summed E-state index contributed by atoms with van der Waals surface area (Å²) in [6, 6.07) is 0. The van der Waals surface area contributed by atoms with Gasteiger partial charge in [0.25, 0.3) is 0 Å². The van der Waals surface area contributed by atoms with Gasteiger partial charge in [0.05, 0.1) is 33.7 Å². The number of ether oxygens (including phenoxy) is 2. The van der Waals surface area contributed by atoms with Crippen molar-refractivity contribution in [2.75, 3.05) is 25.0 Å². The average molecular weight is 514 g/mol. The van der Waals surface area contributed by atoms with Crippen LogP contribution in [0.5, 0.6) is 0 Å². The van der Waals surface area contributed by atoms with E-state index >= 15 is 0 Å². The van der Waals surface area contributed by atoms with Crippen molar-refractivity contribution < 1.29 is 19.1 Å². The van der Waals surface area contributed by atoms with Crippen LogP contribution in [0.25, 0.3) is 0 Å². The van der Waals surface area contributed by atoms with Crippen molar-refractivity contribution in [2.24, 2.45) is 11.8 Å². The van der Waals surface area contributed by atoms with Crippen molar-refractivity contribution in [3.63, 3.8) is 0 Å². The highest BCUT2D eigenvalue weighted by atomic mass is 35.5. The van der Waals surface area contributed by atoms with E-state index in [0.717, 1.165) is 0 Å². The molecule has 0 saturated heterocycles. The quantitative estimate of drug-likeness (QED) is 0.384. The standard InChI is InChI=1S/C13H10Cl8O4/c14-1-3-24-9(22)5-6(10(23)25-4-2-15)12(19)8(17)7(16)11(5,18)13(12,20)21/h5-6H,1-4H2. The summed E-state index contributed by atoms with van der Waals surface area (Å²) in [5.41, 5.74) is 0. The Hall–Kier alpha value is 1.000. The van der Waals surface area contributed by atoms with Gasteiger partial charge in [-0.2, -0.15) is 0 Å². The molecule has 0 aromatic heterocycles. The second-order valence-corrected chi connectivity index (χ2v) is 9.33. The van der Waals surface area contributed by atoms with Crippen molar-refractivity contribution in [1.82, 2.24) is 0 Å². The number of halogens is 8. The molecular formula is C13H10Cl8O4. The molecule has 0 radical (unpaired) electrons. The molecule has 4 unspecified atom stereocenters. The Kier molecular flexibility index (Phi) is 6.94. The lowest BCUT2D eigenvalue weighted by Gasteiger charge is -2.33. The molecule has 1 fully saturated rings. The van der Waals surface area contributed by atoms with Crippen molar-refractivity contribution in [1.29, 1.82) is 0 Å². The topological polar surface area (TPSA) is 52.6 Å². The first-order chi connectivity index (χ1) is 11.5. The van der Waals surface area contributed by atoms with Gasteiger partial charge in [-0.1, -0.05) is 46.4 Å². The predicted molar refractivity (Wildman–Crippen MR) is 101 cm³/mol. The first-order valence-corrected chi connectivity index (χ1v) is 10.1. The van der Waals surface area contributed by atoms with E-state index in [4.69, 9.17) is 102 Å². The third-order valence-corrected chi connectivity index (χ3v) is 8.65. The van der Waals surface area contributed by atoms with Gasteiger partial charge in [-0.3, -0.25) is 9.59 Å². The Balaban J connectivity index is 2.58. The third-order valence-electron chi connectivity index (χ3n) is 4.09. The lowest BCUT2D eigenvalue weighted by atomic mass is 9.82. The van der Waals surface area contributed by atoms with Crippen LogP contribution >= 0.6 is 92.8 Å². The Labute approximate surface area is 183 Å². The first kappa shape index (κ1) is 22.3. The zero-order valence-electron chi connectivity index (χ0n) is 12.1. The van der Waals surface area contributed by atoms with Gasteiger partial charge in [0, 0.05) is 0 Å². The monoisotopic (exact) mass is 510 g/mol. The molecule has 0 spiro atoms. The van der Waals surface area contributed by atoms with Gasteiger partial charge >= 0.3 is 11.9 Å². The molecule has 4 atom stereocenters. The van der Waals surface area contributed by atoms with Crippen LogP contribution in [-0.2, 0) is 19.1 Å². The van der Waals surface area contributed by atoms with E-state index in [-0.39, 0.29) is 35.0 Å². The summed E-state index contributed by atoms with van der Waals surface area (Å²) in [7, 11) is 0. The molecule has 0 amide bonds. The summed E-state index contributed by atoms with van der Waals surface area (Å²) in [5.74, 6) is -4.64. The fraction of sp³-hybridized carbons (Fsp3) is 0.692. The van der Waals surface area contributed by atoms with Crippen LogP contribution in [0.15, 0.2) is 10.1 Å². The Morgan fingerprint density at radius 1 is 0.800 bits per heavy atom. The molecular weight excluding hydrogens is 504 g/mol. The summed E-state index contributed by atoms with van der Waals surface area (Å²) < 4.78 is 7.93. The van der Waals surface area contributed by atoms with E-state index in [1.54, 1.807) is 0 Å². The van der Waals surface area contributed by atoms with Gasteiger partial charge in [0.15, 0.2) is 4.33 Å². The lowest BCUT2D eigenvalue weighted by molar-refractivity contribution is -0.160. The van der Waals surface area contributed by atoms with Crippen molar-refractivity contribution >= 4 is 105 Å². The van der Waals surface area contributed by atoms with E-state index in [1.165, 1.54) is 0 Å². The molecule has 1 saturated carbocycles. The van der Waals surface area contributed by atoms with E-state index < -0.39 is 37.9 Å². The van der Waals surface area contributed by atoms with Crippen LogP contribution in [0.4, 0.5) is 0 Å². The molecule has 2 bridgehead atoms. The number of hydrogen-bond acceptors (Lipinski definition) is 4. The Morgan fingerprint density at radius 3 is 1.40 bits per heavy atom. The number of hydrogen-bond donors (Lipinski definition) is 0. The van der Waals surface area contributed by atoms with Gasteiger partial charge in [0.1, 0.15) is 23.0 Å². The maximum absolute atomic E-state index is 12.6. The fourth-order valence-corrected chi connectivity index (χ4v) is 6.11. The zero-order chi connectivity index (χ0) is 19.2. The SMILES string of the molecule is O=C(OCCCl)C1C(C(=O)OCCCl)C2(Cl)C(Cl)=C(Cl)C1(Cl)C2(Cl)Cl. The van der Waals surface area contributed by atoms with Crippen LogP contribution in [0.1, 0.15) is 0 Å². The molecule has 4 nitrogen and oxygen atoms in total. The maximum atomic E-state index is 12.6. The van der Waals surface area contributed by atoms with Crippen LogP contribution in [0.2, 0.25) is 0 Å². The number of rotatable bonds is 6. The molecule has 0 heterocycles. The molecule has 0 aliphatic heterocycles. The van der Waals surface area contributed by atoms with Crippen molar-refractivity contribution in [2.45, 2.75) is 14.1 Å². The molecule has 142 valence electrons. The molecule has 0 aromatic rings. The highest BCUT2D eigenvalue weighted by Crippen LogP contribution is 2.76. The normalized spacial score (nSPS) is 35.8. The smallest absolute Gasteiger partial charge is 0.312 e. The number of allylic oxidation sites excluding steroid dienone is 2. The van der Waals surface area contributed by atoms with E-state index in [2.05, 4.69) is 0 Å². The second-order valence-electron chi connectivity index (χ2n) is 5.29. The van der Waals surface area contributed by atoms with Gasteiger partial charge < -0.3 is 9.47 Å². The van der Waals surface area contributed by atoms with Crippen molar-refractivity contribution in [3.8, 4) is 0 Å². The van der Waals surface area contributed by atoms with E-state index in [9.17, 15) is 9.59 Å². The molecule has 25 heavy (non-hydrogen) atoms. The van der Waals surface area contributed by atoms with Crippen LogP contribution in [0.3, 0.4) is 0 Å². The molecule has 0 aromatic carbocycles. The summed E-state index contributed by atoms with van der Waals surface area (Å²) >= 11 is 49.2. The Morgan fingerprint density at radius 2 is 1.12 bits per heavy atom. The largest absolute Gasteiger partial charge is 0.464 e. The van der Waals surface area contributed by atoms with Crippen LogP contribution in [-0.4, -0.2) is 51.0 Å². The third kappa shape index (κ3) is 2.95. The summed E-state index contributed by atoms with van der Waals surface area (Å²) in [6.45, 7) is -0.259. The molecule has 12 heteroatoms. The van der Waals surface area contributed by atoms with E-state index in [0.29, 0.717) is 0 Å². The number of alkyl halides is 6. The molecule has 2 rings (SSSR count). The predicted octanol–water partition coefficient (Wildman–Crippen LogP) is 4.63. The average Bonchev–Trinajstić information content (AvgIpc) is 2.77. The minimum absolute atomic E-state index is 0.0261. The highest BCUT2D eigenvalue weighted by molar-refractivity contribution is 6.66. The minimum atomic E-state index is -2.09. The molecule has 2 aliphatic rings. The first-order valence-electron chi connectivity index (χ1n) is 6.80. The van der Waals surface area contributed by atoms with E-state index in [1.807, 2.05) is 0 Å². The van der Waals surface area contributed by atoms with Crippen LogP contribution in [0, 0.1) is 11.8 Å². The van der Waals surface area contributed by atoms with Crippen LogP contribution < -0.4 is 0 Å². The second kappa shape index (κ2) is 7.79. The number of carbonyl (C=O) groups is 2.